The molecule has 1 saturated heterocycles. The predicted octanol–water partition coefficient (Wildman–Crippen LogP) is 3.24. The Morgan fingerprint density at radius 3 is 2.45 bits per heavy atom. The van der Waals surface area contributed by atoms with E-state index in [9.17, 15) is 9.59 Å². The van der Waals surface area contributed by atoms with Gasteiger partial charge in [0.15, 0.2) is 6.61 Å². The fourth-order valence-corrected chi connectivity index (χ4v) is 3.04. The van der Waals surface area contributed by atoms with Crippen LogP contribution in [0.4, 0.5) is 5.69 Å². The van der Waals surface area contributed by atoms with Crippen LogP contribution < -0.4 is 10.1 Å². The van der Waals surface area contributed by atoms with Gasteiger partial charge < -0.3 is 24.4 Å². The number of ether oxygens (including phenoxy) is 3. The Morgan fingerprint density at radius 2 is 1.83 bits per heavy atom. The molecule has 1 atom stereocenters. The van der Waals surface area contributed by atoms with E-state index in [4.69, 9.17) is 14.2 Å². The molecular weight excluding hydrogens is 372 g/mol. The third-order valence-electron chi connectivity index (χ3n) is 4.95. The minimum Gasteiger partial charge on any atom is -0.484 e. The standard InChI is InChI=1S/C22H34N2O5/c1-4-6-11-22(3,29-14-5-2)21(26)23-18-7-9-19(10-8-18)28-17-20(25)24-12-15-27-16-13-24/h7-10H,4-6,11-17H2,1-3H3,(H,23,26)/t22-/m1/s1. The number of amides is 2. The van der Waals surface area contributed by atoms with Gasteiger partial charge in [0.25, 0.3) is 11.8 Å². The topological polar surface area (TPSA) is 77.1 Å². The second kappa shape index (κ2) is 11.8. The molecule has 0 saturated carbocycles. The summed E-state index contributed by atoms with van der Waals surface area (Å²) in [5.74, 6) is 0.390. The summed E-state index contributed by atoms with van der Waals surface area (Å²) in [6, 6.07) is 7.04. The molecule has 7 nitrogen and oxygen atoms in total. The van der Waals surface area contributed by atoms with E-state index < -0.39 is 5.60 Å². The molecule has 0 bridgehead atoms. The third-order valence-corrected chi connectivity index (χ3v) is 4.95. The summed E-state index contributed by atoms with van der Waals surface area (Å²) >= 11 is 0. The summed E-state index contributed by atoms with van der Waals surface area (Å²) in [6.45, 7) is 8.86. The quantitative estimate of drug-likeness (QED) is 0.610. The minimum absolute atomic E-state index is 0.00828. The van der Waals surface area contributed by atoms with Crippen molar-refractivity contribution in [1.82, 2.24) is 4.90 Å². The number of anilines is 1. The highest BCUT2D eigenvalue weighted by Gasteiger charge is 2.33. The smallest absolute Gasteiger partial charge is 0.260 e. The summed E-state index contributed by atoms with van der Waals surface area (Å²) in [5.41, 5.74) is -0.171. The van der Waals surface area contributed by atoms with Crippen LogP contribution in [0.2, 0.25) is 0 Å². The van der Waals surface area contributed by atoms with Gasteiger partial charge >= 0.3 is 0 Å². The molecule has 1 aromatic carbocycles. The number of carbonyl (C=O) groups excluding carboxylic acids is 2. The second-order valence-corrected chi connectivity index (χ2v) is 7.44. The van der Waals surface area contributed by atoms with Crippen molar-refractivity contribution in [3.05, 3.63) is 24.3 Å². The second-order valence-electron chi connectivity index (χ2n) is 7.44. The lowest BCUT2D eigenvalue weighted by Crippen LogP contribution is -2.43. The fraction of sp³-hybridized carbons (Fsp3) is 0.636. The van der Waals surface area contributed by atoms with E-state index in [1.54, 1.807) is 29.2 Å². The highest BCUT2D eigenvalue weighted by atomic mass is 16.5. The van der Waals surface area contributed by atoms with Crippen molar-refractivity contribution in [3.8, 4) is 5.75 Å². The van der Waals surface area contributed by atoms with Crippen molar-refractivity contribution >= 4 is 17.5 Å². The summed E-state index contributed by atoms with van der Waals surface area (Å²) in [6.07, 6.45) is 3.48. The average Bonchev–Trinajstić information content (AvgIpc) is 2.76. The molecule has 0 spiro atoms. The van der Waals surface area contributed by atoms with Gasteiger partial charge in [-0.15, -0.1) is 0 Å². The first kappa shape index (κ1) is 23.2. The monoisotopic (exact) mass is 406 g/mol. The van der Waals surface area contributed by atoms with Crippen LogP contribution in [-0.4, -0.2) is 61.8 Å². The molecule has 7 heteroatoms. The maximum absolute atomic E-state index is 12.8. The normalized spacial score (nSPS) is 16.2. The van der Waals surface area contributed by atoms with E-state index in [1.807, 2.05) is 13.8 Å². The van der Waals surface area contributed by atoms with E-state index in [0.29, 0.717) is 50.8 Å². The van der Waals surface area contributed by atoms with Gasteiger partial charge in [0.05, 0.1) is 13.2 Å². The Hall–Kier alpha value is -2.12. The maximum atomic E-state index is 12.8. The lowest BCUT2D eigenvalue weighted by atomic mass is 9.97. The van der Waals surface area contributed by atoms with Crippen molar-refractivity contribution in [3.63, 3.8) is 0 Å². The maximum Gasteiger partial charge on any atom is 0.260 e. The number of hydrogen-bond donors (Lipinski definition) is 1. The molecule has 29 heavy (non-hydrogen) atoms. The van der Waals surface area contributed by atoms with Gasteiger partial charge in [-0.2, -0.15) is 0 Å². The summed E-state index contributed by atoms with van der Waals surface area (Å²) in [7, 11) is 0. The van der Waals surface area contributed by atoms with Crippen molar-refractivity contribution in [2.24, 2.45) is 0 Å². The Morgan fingerprint density at radius 1 is 1.14 bits per heavy atom. The van der Waals surface area contributed by atoms with Crippen molar-refractivity contribution in [1.29, 1.82) is 0 Å². The number of hydrogen-bond acceptors (Lipinski definition) is 5. The number of rotatable bonds is 11. The Balaban J connectivity index is 1.87. The minimum atomic E-state index is -0.842. The molecule has 1 fully saturated rings. The van der Waals surface area contributed by atoms with Gasteiger partial charge in [-0.1, -0.05) is 26.7 Å². The van der Waals surface area contributed by atoms with Gasteiger partial charge in [0, 0.05) is 25.4 Å². The van der Waals surface area contributed by atoms with Gasteiger partial charge in [-0.25, -0.2) is 0 Å². The van der Waals surface area contributed by atoms with Crippen LogP contribution in [0.5, 0.6) is 5.75 Å². The molecule has 1 aromatic rings. The zero-order chi connectivity index (χ0) is 21.1. The van der Waals surface area contributed by atoms with Gasteiger partial charge in [-0.05, 0) is 44.0 Å². The van der Waals surface area contributed by atoms with Crippen LogP contribution in [0.3, 0.4) is 0 Å². The zero-order valence-electron chi connectivity index (χ0n) is 17.9. The van der Waals surface area contributed by atoms with E-state index in [-0.39, 0.29) is 18.4 Å². The first-order chi connectivity index (χ1) is 14.0. The van der Waals surface area contributed by atoms with Crippen LogP contribution in [-0.2, 0) is 19.1 Å². The molecule has 1 aliphatic heterocycles. The van der Waals surface area contributed by atoms with Crippen LogP contribution in [0.15, 0.2) is 24.3 Å². The number of nitrogens with one attached hydrogen (secondary N) is 1. The molecule has 1 N–H and O–H groups in total. The molecule has 0 unspecified atom stereocenters. The number of nitrogens with zero attached hydrogens (tertiary/aromatic N) is 1. The third kappa shape index (κ3) is 7.33. The largest absolute Gasteiger partial charge is 0.484 e. The molecule has 0 aliphatic carbocycles. The summed E-state index contributed by atoms with van der Waals surface area (Å²) < 4.78 is 16.7. The van der Waals surface area contributed by atoms with Crippen LogP contribution in [0.1, 0.15) is 46.5 Å². The molecule has 0 radical (unpaired) electrons. The first-order valence-electron chi connectivity index (χ1n) is 10.5. The Kier molecular flexibility index (Phi) is 9.41. The average molecular weight is 407 g/mol. The number of morpholine rings is 1. The highest BCUT2D eigenvalue weighted by molar-refractivity contribution is 5.97. The molecule has 0 aromatic heterocycles. The van der Waals surface area contributed by atoms with E-state index in [1.165, 1.54) is 0 Å². The molecule has 2 rings (SSSR count). The molecule has 162 valence electrons. The SMILES string of the molecule is CCCC[C@@](C)(OCCC)C(=O)Nc1ccc(OCC(=O)N2CCOCC2)cc1. The van der Waals surface area contributed by atoms with E-state index in [0.717, 1.165) is 19.3 Å². The van der Waals surface area contributed by atoms with Gasteiger partial charge in [-0.3, -0.25) is 9.59 Å². The number of benzene rings is 1. The van der Waals surface area contributed by atoms with Gasteiger partial charge in [0.1, 0.15) is 11.4 Å². The van der Waals surface area contributed by atoms with Gasteiger partial charge in [0.2, 0.25) is 0 Å². The van der Waals surface area contributed by atoms with Crippen LogP contribution in [0, 0.1) is 0 Å². The Labute approximate surface area is 173 Å². The fourth-order valence-electron chi connectivity index (χ4n) is 3.04. The molecular formula is C22H34N2O5. The first-order valence-corrected chi connectivity index (χ1v) is 10.5. The summed E-state index contributed by atoms with van der Waals surface area (Å²) in [4.78, 5) is 26.7. The number of unbranched alkanes of at least 4 members (excludes halogenated alkanes) is 1. The molecule has 1 heterocycles. The highest BCUT2D eigenvalue weighted by Crippen LogP contribution is 2.23. The summed E-state index contributed by atoms with van der Waals surface area (Å²) in [5, 5.41) is 2.94. The van der Waals surface area contributed by atoms with Crippen molar-refractivity contribution in [2.75, 3.05) is 44.8 Å². The molecule has 1 aliphatic rings. The number of carbonyl (C=O) groups is 2. The zero-order valence-corrected chi connectivity index (χ0v) is 17.9. The van der Waals surface area contributed by atoms with Crippen LogP contribution >= 0.6 is 0 Å². The predicted molar refractivity (Wildman–Crippen MR) is 112 cm³/mol. The lowest BCUT2D eigenvalue weighted by Gasteiger charge is -2.28. The van der Waals surface area contributed by atoms with Crippen molar-refractivity contribution < 1.29 is 23.8 Å². The van der Waals surface area contributed by atoms with Crippen molar-refractivity contribution in [2.45, 2.75) is 52.1 Å². The van der Waals surface area contributed by atoms with E-state index >= 15 is 0 Å². The van der Waals surface area contributed by atoms with E-state index in [2.05, 4.69) is 12.2 Å². The molecule has 2 amide bonds. The lowest BCUT2D eigenvalue weighted by molar-refractivity contribution is -0.140. The Bertz CT molecular complexity index is 633. The van der Waals surface area contributed by atoms with Crippen LogP contribution in [0.25, 0.3) is 0 Å².